The predicted molar refractivity (Wildman–Crippen MR) is 145 cm³/mol. The summed E-state index contributed by atoms with van der Waals surface area (Å²) in [5, 5.41) is 14.7. The summed E-state index contributed by atoms with van der Waals surface area (Å²) in [4.78, 5) is 27.7. The minimum absolute atomic E-state index is 0.181. The van der Waals surface area contributed by atoms with Crippen molar-refractivity contribution in [3.63, 3.8) is 0 Å². The standard InChI is InChI=1S/C24H32ClN11O2/c1-33-6-8-35(9-7-33)20-3-2-17(14-18(20)30-23-21(26)22(25)28-16-29-23)36-15-19(31-32-36)24(37)27-4-5-34-10-12-38-13-11-34/h2-3,14-16H,4-13,26H2,1H3,(H,27,37)(H,28,29,30). The van der Waals surface area contributed by atoms with E-state index in [9.17, 15) is 4.79 Å². The van der Waals surface area contributed by atoms with Crippen molar-refractivity contribution in [2.24, 2.45) is 0 Å². The smallest absolute Gasteiger partial charge is 0.273 e. The van der Waals surface area contributed by atoms with Crippen LogP contribution >= 0.6 is 11.6 Å². The van der Waals surface area contributed by atoms with Crippen molar-refractivity contribution < 1.29 is 9.53 Å². The molecule has 2 saturated heterocycles. The van der Waals surface area contributed by atoms with Gasteiger partial charge in [-0.1, -0.05) is 16.8 Å². The van der Waals surface area contributed by atoms with Crippen LogP contribution in [-0.4, -0.2) is 113 Å². The van der Waals surface area contributed by atoms with Crippen LogP contribution in [0.4, 0.5) is 22.9 Å². The highest BCUT2D eigenvalue weighted by Gasteiger charge is 2.20. The Bertz CT molecular complexity index is 1260. The molecule has 2 aromatic heterocycles. The van der Waals surface area contributed by atoms with E-state index in [1.54, 1.807) is 10.9 Å². The van der Waals surface area contributed by atoms with Crippen LogP contribution in [0.2, 0.25) is 5.15 Å². The highest BCUT2D eigenvalue weighted by atomic mass is 35.5. The number of nitrogens with zero attached hydrogens (tertiary/aromatic N) is 8. The van der Waals surface area contributed by atoms with Gasteiger partial charge in [-0.05, 0) is 25.2 Å². The van der Waals surface area contributed by atoms with Crippen LogP contribution in [0.1, 0.15) is 10.5 Å². The molecule has 0 bridgehead atoms. The lowest BCUT2D eigenvalue weighted by atomic mass is 10.2. The molecule has 13 nitrogen and oxygen atoms in total. The third kappa shape index (κ3) is 6.13. The van der Waals surface area contributed by atoms with Crippen molar-refractivity contribution >= 4 is 40.4 Å². The molecule has 4 N–H and O–H groups in total. The maximum atomic E-state index is 12.7. The zero-order valence-electron chi connectivity index (χ0n) is 21.3. The average Bonchev–Trinajstić information content (AvgIpc) is 3.43. The van der Waals surface area contributed by atoms with Crippen LogP contribution in [0.25, 0.3) is 5.69 Å². The Labute approximate surface area is 225 Å². The maximum absolute atomic E-state index is 12.7. The van der Waals surface area contributed by atoms with Crippen LogP contribution < -0.4 is 21.3 Å². The Morgan fingerprint density at radius 3 is 2.71 bits per heavy atom. The first-order chi connectivity index (χ1) is 18.5. The van der Waals surface area contributed by atoms with Gasteiger partial charge in [0.1, 0.15) is 12.0 Å². The van der Waals surface area contributed by atoms with Crippen molar-refractivity contribution in [3.8, 4) is 5.69 Å². The lowest BCUT2D eigenvalue weighted by molar-refractivity contribution is 0.0383. The van der Waals surface area contributed by atoms with E-state index in [-0.39, 0.29) is 22.4 Å². The van der Waals surface area contributed by atoms with Crippen LogP contribution in [0, 0.1) is 0 Å². The summed E-state index contributed by atoms with van der Waals surface area (Å²) >= 11 is 6.12. The van der Waals surface area contributed by atoms with E-state index in [4.69, 9.17) is 22.1 Å². The van der Waals surface area contributed by atoms with Crippen LogP contribution in [0.5, 0.6) is 0 Å². The number of ether oxygens (including phenoxy) is 1. The third-order valence-electron chi connectivity index (χ3n) is 6.72. The number of carbonyl (C=O) groups is 1. The van der Waals surface area contributed by atoms with Crippen LogP contribution in [0.15, 0.2) is 30.7 Å². The minimum Gasteiger partial charge on any atom is -0.393 e. The van der Waals surface area contributed by atoms with Crippen molar-refractivity contribution in [3.05, 3.63) is 41.6 Å². The summed E-state index contributed by atoms with van der Waals surface area (Å²) in [7, 11) is 2.12. The average molecular weight is 542 g/mol. The molecule has 0 radical (unpaired) electrons. The zero-order chi connectivity index (χ0) is 26.5. The Hall–Kier alpha value is -3.52. The number of morpholine rings is 1. The number of nitrogens with two attached hydrogens (primary N) is 1. The minimum atomic E-state index is -0.264. The summed E-state index contributed by atoms with van der Waals surface area (Å²) in [6.45, 7) is 8.16. The first-order valence-corrected chi connectivity index (χ1v) is 13.0. The monoisotopic (exact) mass is 541 g/mol. The van der Waals surface area contributed by atoms with Gasteiger partial charge in [0.15, 0.2) is 16.7 Å². The number of nitrogens with one attached hydrogen (secondary N) is 2. The molecule has 38 heavy (non-hydrogen) atoms. The van der Waals surface area contributed by atoms with E-state index < -0.39 is 0 Å². The molecule has 1 amide bonds. The fourth-order valence-corrected chi connectivity index (χ4v) is 4.56. The number of piperazine rings is 1. The Balaban J connectivity index is 1.34. The largest absolute Gasteiger partial charge is 0.393 e. The van der Waals surface area contributed by atoms with E-state index in [2.05, 4.69) is 52.7 Å². The van der Waals surface area contributed by atoms with E-state index in [1.165, 1.54) is 6.33 Å². The van der Waals surface area contributed by atoms with Gasteiger partial charge < -0.3 is 30.9 Å². The molecule has 0 saturated carbocycles. The molecule has 14 heteroatoms. The highest BCUT2D eigenvalue weighted by molar-refractivity contribution is 6.32. The maximum Gasteiger partial charge on any atom is 0.273 e. The van der Waals surface area contributed by atoms with Gasteiger partial charge in [-0.15, -0.1) is 5.10 Å². The number of hydrogen-bond acceptors (Lipinski definition) is 11. The second-order valence-electron chi connectivity index (χ2n) is 9.30. The normalized spacial score (nSPS) is 16.9. The van der Waals surface area contributed by atoms with E-state index in [0.29, 0.717) is 12.4 Å². The molecule has 0 unspecified atom stereocenters. The predicted octanol–water partition coefficient (Wildman–Crippen LogP) is 0.850. The Kier molecular flexibility index (Phi) is 8.17. The number of amides is 1. The number of benzene rings is 1. The molecule has 3 aromatic rings. The van der Waals surface area contributed by atoms with Gasteiger partial charge in [0.2, 0.25) is 0 Å². The summed E-state index contributed by atoms with van der Waals surface area (Å²) in [6.07, 6.45) is 2.98. The van der Waals surface area contributed by atoms with Gasteiger partial charge in [0.25, 0.3) is 5.91 Å². The fourth-order valence-electron chi connectivity index (χ4n) is 4.43. The molecule has 2 aliphatic heterocycles. The van der Waals surface area contributed by atoms with Gasteiger partial charge >= 0.3 is 0 Å². The van der Waals surface area contributed by atoms with E-state index in [0.717, 1.165) is 76.1 Å². The first-order valence-electron chi connectivity index (χ1n) is 12.6. The van der Waals surface area contributed by atoms with Crippen LogP contribution in [0.3, 0.4) is 0 Å². The number of nitrogen functional groups attached to an aromatic ring is 1. The SMILES string of the molecule is CN1CCN(c2ccc(-n3cc(C(=O)NCCN4CCOCC4)nn3)cc2Nc2ncnc(Cl)c2N)CC1. The lowest BCUT2D eigenvalue weighted by Crippen LogP contribution is -2.44. The quantitative estimate of drug-likeness (QED) is 0.349. The van der Waals surface area contributed by atoms with Crippen molar-refractivity contribution in [2.75, 3.05) is 88.6 Å². The van der Waals surface area contributed by atoms with Crippen molar-refractivity contribution in [2.45, 2.75) is 0 Å². The number of aromatic nitrogens is 5. The summed E-state index contributed by atoms with van der Waals surface area (Å²) < 4.78 is 6.94. The van der Waals surface area contributed by atoms with Crippen molar-refractivity contribution in [1.29, 1.82) is 0 Å². The summed E-state index contributed by atoms with van der Waals surface area (Å²) in [5.41, 5.74) is 9.14. The molecule has 2 aliphatic rings. The number of hydrogen-bond donors (Lipinski definition) is 3. The second kappa shape index (κ2) is 11.9. The first kappa shape index (κ1) is 26.1. The molecular weight excluding hydrogens is 510 g/mol. The molecule has 5 rings (SSSR count). The summed E-state index contributed by atoms with van der Waals surface area (Å²) in [5.74, 6) is 0.150. The van der Waals surface area contributed by atoms with Gasteiger partial charge in [-0.25, -0.2) is 14.6 Å². The summed E-state index contributed by atoms with van der Waals surface area (Å²) in [6, 6.07) is 5.90. The van der Waals surface area contributed by atoms with Gasteiger partial charge in [0, 0.05) is 52.4 Å². The van der Waals surface area contributed by atoms with Crippen LogP contribution in [-0.2, 0) is 4.74 Å². The van der Waals surface area contributed by atoms with Gasteiger partial charge in [-0.3, -0.25) is 9.69 Å². The number of carbonyl (C=O) groups excluding carboxylic acids is 1. The molecule has 0 aliphatic carbocycles. The lowest BCUT2D eigenvalue weighted by Gasteiger charge is -2.35. The molecule has 2 fully saturated rings. The Morgan fingerprint density at radius 1 is 1.13 bits per heavy atom. The second-order valence-corrected chi connectivity index (χ2v) is 9.66. The molecule has 1 aromatic carbocycles. The van der Waals surface area contributed by atoms with Crippen molar-refractivity contribution in [1.82, 2.24) is 40.1 Å². The zero-order valence-corrected chi connectivity index (χ0v) is 22.1. The number of rotatable bonds is 8. The van der Waals surface area contributed by atoms with Gasteiger partial charge in [0.05, 0.1) is 36.5 Å². The highest BCUT2D eigenvalue weighted by Crippen LogP contribution is 2.34. The Morgan fingerprint density at radius 2 is 1.92 bits per heavy atom. The molecule has 0 atom stereocenters. The van der Waals surface area contributed by atoms with Gasteiger partial charge in [-0.2, -0.15) is 0 Å². The molecule has 4 heterocycles. The fraction of sp³-hybridized carbons (Fsp3) is 0.458. The molecule has 202 valence electrons. The number of likely N-dealkylation sites (N-methyl/N-ethyl adjacent to an activating group) is 1. The van der Waals surface area contributed by atoms with E-state index in [1.807, 2.05) is 18.2 Å². The van der Waals surface area contributed by atoms with E-state index >= 15 is 0 Å². The third-order valence-corrected chi connectivity index (χ3v) is 7.02. The number of anilines is 4. The molecular formula is C24H32ClN11O2. The topological polar surface area (TPSA) is 143 Å². The number of halogens is 1. The molecule has 0 spiro atoms.